The highest BCUT2D eigenvalue weighted by molar-refractivity contribution is 6.60. The van der Waals surface area contributed by atoms with Gasteiger partial charge in [-0.2, -0.15) is 15.0 Å². The van der Waals surface area contributed by atoms with Crippen LogP contribution in [-0.2, 0) is 17.2 Å². The second-order valence-corrected chi connectivity index (χ2v) is 11.3. The number of hydrogen-bond acceptors (Lipinski definition) is 8. The summed E-state index contributed by atoms with van der Waals surface area (Å²) in [5.74, 6) is 0.623. The molecule has 184 valence electrons. The van der Waals surface area contributed by atoms with Crippen molar-refractivity contribution in [3.05, 3.63) is 35.8 Å². The summed E-state index contributed by atoms with van der Waals surface area (Å²) in [7, 11) is 13.7. The zero-order chi connectivity index (χ0) is 26.7. The predicted octanol–water partition coefficient (Wildman–Crippen LogP) is -3.57. The van der Waals surface area contributed by atoms with E-state index in [1.165, 1.54) is 6.20 Å². The van der Waals surface area contributed by atoms with Gasteiger partial charge in [-0.05, 0) is 24.1 Å². The number of aryl methyl sites for hydroxylation is 1. The van der Waals surface area contributed by atoms with Gasteiger partial charge in [0.05, 0.1) is 22.6 Å². The number of hydrogen-bond donors (Lipinski definition) is 3. The lowest BCUT2D eigenvalue weighted by Gasteiger charge is -2.42. The molecule has 3 aromatic rings. The van der Waals surface area contributed by atoms with E-state index in [4.69, 9.17) is 0 Å². The molecule has 37 heavy (non-hydrogen) atoms. The third-order valence-electron chi connectivity index (χ3n) is 6.74. The maximum atomic E-state index is 13.2. The SMILES string of the molecule is BC(B)(B)NC(=O)c1cnc(NC(=O)C2CC2)cc1Nc1nccc2c1N(C)C(B)(B)c1nn(C)nc1-2. The molecule has 5 rings (SSSR count). The number of pyridine rings is 2. The number of amides is 2. The number of nitrogens with one attached hydrogen (secondary N) is 3. The van der Waals surface area contributed by atoms with E-state index in [1.807, 2.05) is 43.7 Å². The molecule has 1 aliphatic heterocycles. The third-order valence-corrected chi connectivity index (χ3v) is 6.74. The fraction of sp³-hybridized carbons (Fsp3) is 0.333. The quantitative estimate of drug-likeness (QED) is 0.302. The highest BCUT2D eigenvalue weighted by atomic mass is 16.2. The van der Waals surface area contributed by atoms with E-state index in [2.05, 4.69) is 56.7 Å². The Morgan fingerprint density at radius 3 is 2.54 bits per heavy atom. The number of anilines is 4. The number of rotatable bonds is 6. The molecule has 16 heteroatoms. The molecule has 11 nitrogen and oxygen atoms in total. The molecule has 1 aliphatic carbocycles. The molecule has 0 bridgehead atoms. The minimum absolute atomic E-state index is 0.0296. The van der Waals surface area contributed by atoms with Gasteiger partial charge in [0, 0.05) is 49.4 Å². The highest BCUT2D eigenvalue weighted by Crippen LogP contribution is 2.46. The van der Waals surface area contributed by atoms with E-state index in [-0.39, 0.29) is 17.7 Å². The largest absolute Gasteiger partial charge is 0.376 e. The third kappa shape index (κ3) is 4.72. The van der Waals surface area contributed by atoms with Crippen molar-refractivity contribution in [2.24, 2.45) is 13.0 Å². The van der Waals surface area contributed by atoms with Crippen molar-refractivity contribution in [3.63, 3.8) is 0 Å². The molecule has 3 aromatic heterocycles. The molecule has 0 radical (unpaired) electrons. The Morgan fingerprint density at radius 1 is 1.14 bits per heavy atom. The van der Waals surface area contributed by atoms with Crippen molar-refractivity contribution in [2.75, 3.05) is 22.6 Å². The van der Waals surface area contributed by atoms with Crippen LogP contribution in [0, 0.1) is 5.92 Å². The second kappa shape index (κ2) is 8.71. The molecule has 0 spiro atoms. The van der Waals surface area contributed by atoms with Gasteiger partial charge in [-0.3, -0.25) is 9.59 Å². The molecule has 1 fully saturated rings. The van der Waals surface area contributed by atoms with Crippen LogP contribution in [0.5, 0.6) is 0 Å². The van der Waals surface area contributed by atoms with Gasteiger partial charge in [-0.25, -0.2) is 9.97 Å². The molecule has 4 heterocycles. The summed E-state index contributed by atoms with van der Waals surface area (Å²) in [4.78, 5) is 38.3. The van der Waals surface area contributed by atoms with Crippen molar-refractivity contribution >= 4 is 74.1 Å². The summed E-state index contributed by atoms with van der Waals surface area (Å²) < 4.78 is 0. The van der Waals surface area contributed by atoms with Gasteiger partial charge in [0.1, 0.15) is 50.7 Å². The van der Waals surface area contributed by atoms with Crippen LogP contribution in [0.2, 0.25) is 0 Å². The number of carbonyl (C=O) groups excluding carboxylic acids is 2. The monoisotopic (exact) mass is 493 g/mol. The fourth-order valence-corrected chi connectivity index (χ4v) is 4.43. The van der Waals surface area contributed by atoms with E-state index in [1.54, 1.807) is 17.1 Å². The lowest BCUT2D eigenvalue weighted by atomic mass is 9.49. The Labute approximate surface area is 220 Å². The van der Waals surface area contributed by atoms with Crippen molar-refractivity contribution in [2.45, 2.75) is 23.4 Å². The van der Waals surface area contributed by atoms with Crippen LogP contribution in [0.4, 0.5) is 23.0 Å². The molecule has 2 aliphatic rings. The average Bonchev–Trinajstić information content (AvgIpc) is 3.58. The lowest BCUT2D eigenvalue weighted by Crippen LogP contribution is -2.50. The first-order valence-corrected chi connectivity index (χ1v) is 12.4. The van der Waals surface area contributed by atoms with E-state index < -0.39 is 10.6 Å². The Morgan fingerprint density at radius 2 is 1.86 bits per heavy atom. The first-order valence-electron chi connectivity index (χ1n) is 12.4. The fourth-order valence-electron chi connectivity index (χ4n) is 4.43. The maximum absolute atomic E-state index is 13.2. The summed E-state index contributed by atoms with van der Waals surface area (Å²) in [5.41, 5.74) is 4.23. The van der Waals surface area contributed by atoms with Crippen molar-refractivity contribution in [1.82, 2.24) is 30.3 Å². The van der Waals surface area contributed by atoms with E-state index in [9.17, 15) is 9.59 Å². The van der Waals surface area contributed by atoms with Gasteiger partial charge in [-0.15, -0.1) is 0 Å². The van der Waals surface area contributed by atoms with Crippen molar-refractivity contribution in [1.29, 1.82) is 0 Å². The van der Waals surface area contributed by atoms with Gasteiger partial charge in [0.15, 0.2) is 5.82 Å². The Hall–Kier alpha value is -3.70. The zero-order valence-electron chi connectivity index (χ0n) is 22.3. The average molecular weight is 493 g/mol. The second-order valence-electron chi connectivity index (χ2n) is 11.3. The highest BCUT2D eigenvalue weighted by Gasteiger charge is 2.40. The summed E-state index contributed by atoms with van der Waals surface area (Å²) in [5, 5.41) is 17.6. The van der Waals surface area contributed by atoms with Gasteiger partial charge < -0.3 is 20.9 Å². The van der Waals surface area contributed by atoms with Crippen LogP contribution in [0.25, 0.3) is 11.3 Å². The van der Waals surface area contributed by atoms with Crippen LogP contribution in [0.1, 0.15) is 28.9 Å². The molecule has 0 unspecified atom stereocenters. The molecule has 0 saturated heterocycles. The standard InChI is InChI=1S/C21H28B5N9O2/c1-34-15-10(14-16(20(34,22)23)33-35(2)32-14)5-6-27-17(15)29-12-7-13(30-18(36)9-3-4-9)28-8-11(12)19(37)31-21(24,25)26/h5-9H,3-4,22-26H2,1-2H3,(H,31,37)(H2,27,28,29,30,36). The van der Waals surface area contributed by atoms with E-state index >= 15 is 0 Å². The lowest BCUT2D eigenvalue weighted by molar-refractivity contribution is -0.117. The van der Waals surface area contributed by atoms with Gasteiger partial charge in [0.2, 0.25) is 5.91 Å². The first-order chi connectivity index (χ1) is 17.3. The van der Waals surface area contributed by atoms with E-state index in [0.29, 0.717) is 22.9 Å². The summed E-state index contributed by atoms with van der Waals surface area (Å²) in [6.07, 6.45) is 4.96. The molecular formula is C21H28B5N9O2. The number of fused-ring (bicyclic) bond motifs is 3. The van der Waals surface area contributed by atoms with Gasteiger partial charge in [0.25, 0.3) is 5.91 Å². The van der Waals surface area contributed by atoms with Crippen LogP contribution in [0.3, 0.4) is 0 Å². The molecule has 0 aromatic carbocycles. The maximum Gasteiger partial charge on any atom is 0.253 e. The first kappa shape index (κ1) is 25.0. The number of nitrogens with zero attached hydrogens (tertiary/aromatic N) is 6. The van der Waals surface area contributed by atoms with Crippen LogP contribution < -0.4 is 20.9 Å². The number of carbonyl (C=O) groups is 2. The molecule has 3 N–H and O–H groups in total. The van der Waals surface area contributed by atoms with Crippen molar-refractivity contribution in [3.8, 4) is 11.3 Å². The smallest absolute Gasteiger partial charge is 0.253 e. The topological polar surface area (TPSA) is 130 Å². The minimum Gasteiger partial charge on any atom is -0.376 e. The van der Waals surface area contributed by atoms with Crippen molar-refractivity contribution < 1.29 is 9.59 Å². The normalized spacial score (nSPS) is 15.9. The molecule has 2 amide bonds. The number of aromatic nitrogens is 5. The van der Waals surface area contributed by atoms with Crippen LogP contribution in [-0.4, -0.2) is 88.3 Å². The summed E-state index contributed by atoms with van der Waals surface area (Å²) >= 11 is 0. The van der Waals surface area contributed by atoms with Gasteiger partial charge in [-0.1, -0.05) is 0 Å². The minimum atomic E-state index is -0.454. The molecule has 1 saturated carbocycles. The Kier molecular flexibility index (Phi) is 5.88. The predicted molar refractivity (Wildman–Crippen MR) is 156 cm³/mol. The summed E-state index contributed by atoms with van der Waals surface area (Å²) in [6, 6.07) is 3.60. The molecular weight excluding hydrogens is 464 g/mol. The zero-order valence-corrected chi connectivity index (χ0v) is 22.3. The Balaban J connectivity index is 1.59. The van der Waals surface area contributed by atoms with Crippen LogP contribution >= 0.6 is 0 Å². The van der Waals surface area contributed by atoms with E-state index in [0.717, 1.165) is 35.5 Å². The van der Waals surface area contributed by atoms with Crippen LogP contribution in [0.15, 0.2) is 24.5 Å². The molecule has 0 atom stereocenters. The Bertz CT molecular complexity index is 1420. The summed E-state index contributed by atoms with van der Waals surface area (Å²) in [6.45, 7) is 0. The van der Waals surface area contributed by atoms with Gasteiger partial charge >= 0.3 is 0 Å².